The topological polar surface area (TPSA) is 59.3 Å². The van der Waals surface area contributed by atoms with Crippen molar-refractivity contribution in [1.29, 1.82) is 5.26 Å². The molecule has 0 radical (unpaired) electrons. The number of nitriles is 1. The minimum atomic E-state index is -1.30. The molecule has 136 valence electrons. The molecule has 26 heavy (non-hydrogen) atoms. The van der Waals surface area contributed by atoms with Gasteiger partial charge >= 0.3 is 5.97 Å². The Bertz CT molecular complexity index is 823. The van der Waals surface area contributed by atoms with Gasteiger partial charge in [-0.1, -0.05) is 13.3 Å². The van der Waals surface area contributed by atoms with Crippen LogP contribution in [0.5, 0.6) is 5.75 Å². The minimum Gasteiger partial charge on any atom is -0.423 e. The summed E-state index contributed by atoms with van der Waals surface area (Å²) in [4.78, 5) is 12.0. The lowest BCUT2D eigenvalue weighted by Gasteiger charge is -2.09. The van der Waals surface area contributed by atoms with Crippen molar-refractivity contribution >= 4 is 5.97 Å². The monoisotopic (exact) mass is 363 g/mol. The van der Waals surface area contributed by atoms with Gasteiger partial charge in [0.05, 0.1) is 12.2 Å². The number of rotatable bonds is 7. The molecule has 2 aromatic rings. The Labute approximate surface area is 148 Å². The van der Waals surface area contributed by atoms with Gasteiger partial charge in [0.15, 0.2) is 0 Å². The molecule has 0 saturated carbocycles. The van der Waals surface area contributed by atoms with Gasteiger partial charge in [0.1, 0.15) is 34.8 Å². The van der Waals surface area contributed by atoms with Crippen LogP contribution in [0.4, 0.5) is 13.2 Å². The van der Waals surface area contributed by atoms with E-state index in [1.807, 2.05) is 6.92 Å². The number of ether oxygens (including phenoxy) is 2. The van der Waals surface area contributed by atoms with E-state index in [0.29, 0.717) is 6.61 Å². The number of esters is 1. The lowest BCUT2D eigenvalue weighted by Crippen LogP contribution is -2.14. The van der Waals surface area contributed by atoms with Gasteiger partial charge in [0.2, 0.25) is 0 Å². The average Bonchev–Trinajstić information content (AvgIpc) is 2.58. The first kappa shape index (κ1) is 19.5. The summed E-state index contributed by atoms with van der Waals surface area (Å²) in [6, 6.07) is 6.64. The number of hydrogen-bond acceptors (Lipinski definition) is 4. The maximum atomic E-state index is 14.1. The van der Waals surface area contributed by atoms with Crippen molar-refractivity contribution in [3.63, 3.8) is 0 Å². The summed E-state index contributed by atoms with van der Waals surface area (Å²) in [5.74, 6) is -4.67. The van der Waals surface area contributed by atoms with E-state index in [-0.39, 0.29) is 23.5 Å². The highest BCUT2D eigenvalue weighted by atomic mass is 19.1. The lowest BCUT2D eigenvalue weighted by molar-refractivity contribution is 0.0723. The zero-order chi connectivity index (χ0) is 19.1. The zero-order valence-corrected chi connectivity index (χ0v) is 14.0. The second-order valence-corrected chi connectivity index (χ2v) is 5.48. The van der Waals surface area contributed by atoms with Crippen LogP contribution in [0.2, 0.25) is 0 Å². The van der Waals surface area contributed by atoms with E-state index in [4.69, 9.17) is 14.7 Å². The number of benzene rings is 2. The molecule has 7 heteroatoms. The second-order valence-electron chi connectivity index (χ2n) is 5.48. The smallest absolute Gasteiger partial charge is 0.349 e. The van der Waals surface area contributed by atoms with Crippen LogP contribution in [0.1, 0.15) is 41.3 Å². The summed E-state index contributed by atoms with van der Waals surface area (Å²) < 4.78 is 51.8. The molecule has 0 saturated heterocycles. The number of hydrogen-bond donors (Lipinski definition) is 0. The fourth-order valence-electron chi connectivity index (χ4n) is 2.15. The molecule has 0 heterocycles. The number of carbonyl (C=O) groups is 1. The molecule has 0 aliphatic carbocycles. The van der Waals surface area contributed by atoms with Crippen molar-refractivity contribution in [3.8, 4) is 11.8 Å². The predicted octanol–water partition coefficient (Wildman–Crippen LogP) is 4.51. The average molecular weight is 363 g/mol. The molecule has 0 aliphatic rings. The van der Waals surface area contributed by atoms with Crippen molar-refractivity contribution in [2.75, 3.05) is 6.61 Å². The first-order chi connectivity index (χ1) is 12.5. The van der Waals surface area contributed by atoms with E-state index < -0.39 is 29.0 Å². The van der Waals surface area contributed by atoms with Gasteiger partial charge in [-0.3, -0.25) is 0 Å². The minimum absolute atomic E-state index is 0.0179. The fourth-order valence-corrected chi connectivity index (χ4v) is 2.15. The molecule has 0 fully saturated rings. The van der Waals surface area contributed by atoms with Crippen LogP contribution < -0.4 is 4.74 Å². The first-order valence-corrected chi connectivity index (χ1v) is 7.93. The van der Waals surface area contributed by atoms with Crippen LogP contribution in [0.25, 0.3) is 0 Å². The molecule has 0 unspecified atom stereocenters. The van der Waals surface area contributed by atoms with Crippen molar-refractivity contribution in [2.45, 2.75) is 26.4 Å². The Morgan fingerprint density at radius 1 is 1.12 bits per heavy atom. The molecule has 0 N–H and O–H groups in total. The highest BCUT2D eigenvalue weighted by Crippen LogP contribution is 2.21. The van der Waals surface area contributed by atoms with Gasteiger partial charge in [0.25, 0.3) is 0 Å². The third-order valence-corrected chi connectivity index (χ3v) is 3.49. The quantitative estimate of drug-likeness (QED) is 0.413. The molecule has 4 nitrogen and oxygen atoms in total. The van der Waals surface area contributed by atoms with Gasteiger partial charge in [0, 0.05) is 12.7 Å². The Morgan fingerprint density at radius 3 is 2.38 bits per heavy atom. The maximum Gasteiger partial charge on any atom is 0.349 e. The van der Waals surface area contributed by atoms with Gasteiger partial charge in [-0.25, -0.2) is 18.0 Å². The zero-order valence-electron chi connectivity index (χ0n) is 14.0. The Balaban J connectivity index is 2.13. The number of carbonyl (C=O) groups excluding carboxylic acids is 1. The third kappa shape index (κ3) is 4.83. The van der Waals surface area contributed by atoms with E-state index in [0.717, 1.165) is 43.2 Å². The van der Waals surface area contributed by atoms with Crippen LogP contribution in [0, 0.1) is 28.8 Å². The summed E-state index contributed by atoms with van der Waals surface area (Å²) in [6.45, 7) is 2.47. The van der Waals surface area contributed by atoms with E-state index in [9.17, 15) is 18.0 Å². The summed E-state index contributed by atoms with van der Waals surface area (Å²) in [7, 11) is 0. The van der Waals surface area contributed by atoms with E-state index in [2.05, 4.69) is 0 Å². The largest absolute Gasteiger partial charge is 0.423 e. The van der Waals surface area contributed by atoms with E-state index >= 15 is 0 Å². The number of nitrogens with zero attached hydrogens (tertiary/aromatic N) is 1. The van der Waals surface area contributed by atoms with Crippen LogP contribution in [0.15, 0.2) is 30.3 Å². The van der Waals surface area contributed by atoms with Crippen LogP contribution in [-0.4, -0.2) is 12.6 Å². The summed E-state index contributed by atoms with van der Waals surface area (Å²) in [6.07, 6.45) is 1.76. The van der Waals surface area contributed by atoms with Gasteiger partial charge in [-0.2, -0.15) is 5.26 Å². The molecule has 2 rings (SSSR count). The number of halogens is 3. The Kier molecular flexibility index (Phi) is 6.75. The van der Waals surface area contributed by atoms with E-state index in [1.165, 1.54) is 0 Å². The standard InChI is InChI=1S/C19H16F3NO3/c1-2-3-6-25-11-12-7-16(21)18(17(22)8-12)19(24)26-14-5-4-13(10-23)15(20)9-14/h4-5,7-9H,2-3,6,11H2,1H3. The molecule has 0 aliphatic heterocycles. The van der Waals surface area contributed by atoms with Crippen molar-refractivity contribution in [2.24, 2.45) is 0 Å². The molecular formula is C19H16F3NO3. The van der Waals surface area contributed by atoms with Gasteiger partial charge in [-0.15, -0.1) is 0 Å². The number of unbranched alkanes of at least 4 members (excludes halogenated alkanes) is 1. The van der Waals surface area contributed by atoms with E-state index in [1.54, 1.807) is 6.07 Å². The highest BCUT2D eigenvalue weighted by Gasteiger charge is 2.21. The van der Waals surface area contributed by atoms with Crippen LogP contribution in [-0.2, 0) is 11.3 Å². The molecule has 0 spiro atoms. The van der Waals surface area contributed by atoms with Crippen molar-refractivity contribution in [1.82, 2.24) is 0 Å². The third-order valence-electron chi connectivity index (χ3n) is 3.49. The van der Waals surface area contributed by atoms with Crippen LogP contribution in [0.3, 0.4) is 0 Å². The van der Waals surface area contributed by atoms with Gasteiger partial charge in [-0.05, 0) is 36.2 Å². The summed E-state index contributed by atoms with van der Waals surface area (Å²) in [5, 5.41) is 8.65. The molecule has 0 bridgehead atoms. The predicted molar refractivity (Wildman–Crippen MR) is 87.0 cm³/mol. The summed E-state index contributed by atoms with van der Waals surface area (Å²) in [5.41, 5.74) is -0.876. The molecule has 0 atom stereocenters. The SMILES string of the molecule is CCCCOCc1cc(F)c(C(=O)Oc2ccc(C#N)c(F)c2)c(F)c1. The molecule has 2 aromatic carbocycles. The van der Waals surface area contributed by atoms with Crippen molar-refractivity contribution in [3.05, 3.63) is 64.5 Å². The first-order valence-electron chi connectivity index (χ1n) is 7.93. The molecule has 0 aromatic heterocycles. The van der Waals surface area contributed by atoms with Gasteiger partial charge < -0.3 is 9.47 Å². The lowest BCUT2D eigenvalue weighted by atomic mass is 10.1. The van der Waals surface area contributed by atoms with Crippen LogP contribution >= 0.6 is 0 Å². The second kappa shape index (κ2) is 9.02. The highest BCUT2D eigenvalue weighted by molar-refractivity contribution is 5.91. The molecule has 0 amide bonds. The Hall–Kier alpha value is -2.85. The van der Waals surface area contributed by atoms with Crippen molar-refractivity contribution < 1.29 is 27.4 Å². The normalized spacial score (nSPS) is 10.4. The maximum absolute atomic E-state index is 14.1. The molecular weight excluding hydrogens is 347 g/mol. The Morgan fingerprint density at radius 2 is 1.81 bits per heavy atom. The summed E-state index contributed by atoms with van der Waals surface area (Å²) >= 11 is 0. The fraction of sp³-hybridized carbons (Fsp3) is 0.263.